The molecule has 1 N–H and O–H groups in total. The summed E-state index contributed by atoms with van der Waals surface area (Å²) < 4.78 is 38.5. The monoisotopic (exact) mass is 407 g/mol. The number of carbonyl (C=O) groups excluding carboxylic acids is 2. The van der Waals surface area contributed by atoms with E-state index >= 15 is 0 Å². The summed E-state index contributed by atoms with van der Waals surface area (Å²) in [6.45, 7) is -0.693. The molecule has 0 saturated carbocycles. The SMILES string of the molecule is COc1cc(CNC(=O)COC(=O)COc2ccc(F)cc2)cc(OC)c1OC. The van der Waals surface area contributed by atoms with Gasteiger partial charge in [-0.25, -0.2) is 9.18 Å². The van der Waals surface area contributed by atoms with Crippen LogP contribution in [0, 0.1) is 5.82 Å². The lowest BCUT2D eigenvalue weighted by atomic mass is 10.1. The van der Waals surface area contributed by atoms with Crippen molar-refractivity contribution in [2.75, 3.05) is 34.5 Å². The van der Waals surface area contributed by atoms with Crippen LogP contribution in [0.4, 0.5) is 4.39 Å². The normalized spacial score (nSPS) is 10.1. The van der Waals surface area contributed by atoms with Gasteiger partial charge in [-0.3, -0.25) is 4.79 Å². The molecule has 0 aliphatic carbocycles. The average molecular weight is 407 g/mol. The third-order valence-corrected chi connectivity index (χ3v) is 3.75. The van der Waals surface area contributed by atoms with Gasteiger partial charge in [0.05, 0.1) is 21.3 Å². The Morgan fingerprint density at radius 1 is 0.931 bits per heavy atom. The fourth-order valence-electron chi connectivity index (χ4n) is 2.35. The Bertz CT molecular complexity index is 814. The van der Waals surface area contributed by atoms with Crippen LogP contribution in [0.15, 0.2) is 36.4 Å². The van der Waals surface area contributed by atoms with E-state index in [4.69, 9.17) is 23.7 Å². The number of carbonyl (C=O) groups is 2. The van der Waals surface area contributed by atoms with E-state index in [1.165, 1.54) is 45.6 Å². The first-order chi connectivity index (χ1) is 14.0. The van der Waals surface area contributed by atoms with Gasteiger partial charge in [-0.1, -0.05) is 0 Å². The maximum Gasteiger partial charge on any atom is 0.344 e. The maximum atomic E-state index is 12.8. The van der Waals surface area contributed by atoms with Crippen molar-refractivity contribution in [2.24, 2.45) is 0 Å². The Morgan fingerprint density at radius 3 is 2.10 bits per heavy atom. The Hall–Kier alpha value is -3.49. The molecule has 2 aromatic rings. The van der Waals surface area contributed by atoms with Crippen LogP contribution in [-0.2, 0) is 20.9 Å². The lowest BCUT2D eigenvalue weighted by Gasteiger charge is -2.14. The zero-order chi connectivity index (χ0) is 21.2. The summed E-state index contributed by atoms with van der Waals surface area (Å²) in [6, 6.07) is 8.57. The lowest BCUT2D eigenvalue weighted by molar-refractivity contribution is -0.150. The van der Waals surface area contributed by atoms with Gasteiger partial charge in [-0.15, -0.1) is 0 Å². The Morgan fingerprint density at radius 2 is 1.55 bits per heavy atom. The highest BCUT2D eigenvalue weighted by Crippen LogP contribution is 2.38. The highest BCUT2D eigenvalue weighted by molar-refractivity contribution is 5.80. The largest absolute Gasteiger partial charge is 0.493 e. The van der Waals surface area contributed by atoms with Crippen LogP contribution in [0.25, 0.3) is 0 Å². The van der Waals surface area contributed by atoms with Crippen molar-refractivity contribution in [3.05, 3.63) is 47.8 Å². The van der Waals surface area contributed by atoms with Crippen molar-refractivity contribution < 1.29 is 37.7 Å². The summed E-state index contributed by atoms with van der Waals surface area (Å²) in [5, 5.41) is 2.62. The number of amides is 1. The molecule has 9 heteroatoms. The van der Waals surface area contributed by atoms with Crippen LogP contribution in [-0.4, -0.2) is 46.4 Å². The zero-order valence-electron chi connectivity index (χ0n) is 16.3. The van der Waals surface area contributed by atoms with Gasteiger partial charge in [0.15, 0.2) is 24.7 Å². The van der Waals surface area contributed by atoms with Crippen molar-refractivity contribution in [2.45, 2.75) is 6.54 Å². The first-order valence-corrected chi connectivity index (χ1v) is 8.56. The molecular formula is C20H22FNO7. The molecule has 0 atom stereocenters. The van der Waals surface area contributed by atoms with Crippen LogP contribution < -0.4 is 24.3 Å². The van der Waals surface area contributed by atoms with Gasteiger partial charge in [0.2, 0.25) is 5.75 Å². The molecule has 0 saturated heterocycles. The summed E-state index contributed by atoms with van der Waals surface area (Å²) in [5.74, 6) is 0.0474. The molecule has 0 fully saturated rings. The fourth-order valence-corrected chi connectivity index (χ4v) is 2.35. The molecule has 0 aliphatic heterocycles. The third-order valence-electron chi connectivity index (χ3n) is 3.75. The van der Waals surface area contributed by atoms with E-state index in [0.29, 0.717) is 28.6 Å². The van der Waals surface area contributed by atoms with E-state index in [1.54, 1.807) is 12.1 Å². The average Bonchev–Trinajstić information content (AvgIpc) is 2.74. The topological polar surface area (TPSA) is 92.3 Å². The molecule has 8 nitrogen and oxygen atoms in total. The predicted molar refractivity (Wildman–Crippen MR) is 101 cm³/mol. The van der Waals surface area contributed by atoms with E-state index in [0.717, 1.165) is 0 Å². The number of rotatable bonds is 10. The first-order valence-electron chi connectivity index (χ1n) is 8.56. The molecule has 0 aliphatic rings. The van der Waals surface area contributed by atoms with Gasteiger partial charge in [0, 0.05) is 6.54 Å². The standard InChI is InChI=1S/C20H22FNO7/c1-25-16-8-13(9-17(26-2)20(16)27-3)10-22-18(23)11-29-19(24)12-28-15-6-4-14(21)5-7-15/h4-9H,10-12H2,1-3H3,(H,22,23). The third kappa shape index (κ3) is 6.56. The molecule has 0 bridgehead atoms. The lowest BCUT2D eigenvalue weighted by Crippen LogP contribution is -2.29. The molecule has 29 heavy (non-hydrogen) atoms. The molecule has 1 amide bonds. The van der Waals surface area contributed by atoms with Crippen molar-refractivity contribution in [3.63, 3.8) is 0 Å². The van der Waals surface area contributed by atoms with Gasteiger partial charge < -0.3 is 29.0 Å². The molecule has 2 rings (SSSR count). The minimum Gasteiger partial charge on any atom is -0.493 e. The van der Waals surface area contributed by atoms with Gasteiger partial charge in [0.1, 0.15) is 11.6 Å². The molecular weight excluding hydrogens is 385 g/mol. The van der Waals surface area contributed by atoms with Crippen LogP contribution in [0.5, 0.6) is 23.0 Å². The first kappa shape index (κ1) is 21.8. The highest BCUT2D eigenvalue weighted by Gasteiger charge is 2.14. The number of methoxy groups -OCH3 is 3. The van der Waals surface area contributed by atoms with Crippen LogP contribution in [0.1, 0.15) is 5.56 Å². The van der Waals surface area contributed by atoms with Crippen LogP contribution in [0.3, 0.4) is 0 Å². The van der Waals surface area contributed by atoms with Gasteiger partial charge in [0.25, 0.3) is 5.91 Å². The summed E-state index contributed by atoms with van der Waals surface area (Å²) in [7, 11) is 4.48. The Kier molecular flexibility index (Phi) is 8.08. The van der Waals surface area contributed by atoms with Gasteiger partial charge >= 0.3 is 5.97 Å². The molecule has 0 heterocycles. The number of ether oxygens (including phenoxy) is 5. The van der Waals surface area contributed by atoms with Crippen molar-refractivity contribution in [1.29, 1.82) is 0 Å². The van der Waals surface area contributed by atoms with Crippen LogP contribution >= 0.6 is 0 Å². The minimum absolute atomic E-state index is 0.166. The second kappa shape index (κ2) is 10.7. The Labute approximate surface area is 167 Å². The number of halogens is 1. The second-order valence-electron chi connectivity index (χ2n) is 5.71. The summed E-state index contributed by atoms with van der Waals surface area (Å²) in [6.07, 6.45) is 0. The second-order valence-corrected chi connectivity index (χ2v) is 5.71. The Balaban J connectivity index is 1.79. The molecule has 0 spiro atoms. The molecule has 0 radical (unpaired) electrons. The predicted octanol–water partition coefficient (Wildman–Crippen LogP) is 2.09. The van der Waals surface area contributed by atoms with E-state index in [9.17, 15) is 14.0 Å². The number of nitrogens with one attached hydrogen (secondary N) is 1. The minimum atomic E-state index is -0.725. The quantitative estimate of drug-likeness (QED) is 0.603. The summed E-state index contributed by atoms with van der Waals surface area (Å²) >= 11 is 0. The maximum absolute atomic E-state index is 12.8. The summed E-state index contributed by atoms with van der Waals surface area (Å²) in [4.78, 5) is 23.6. The highest BCUT2D eigenvalue weighted by atomic mass is 19.1. The van der Waals surface area contributed by atoms with Gasteiger partial charge in [-0.2, -0.15) is 0 Å². The number of hydrogen-bond acceptors (Lipinski definition) is 7. The number of benzene rings is 2. The molecule has 0 aromatic heterocycles. The van der Waals surface area contributed by atoms with E-state index < -0.39 is 30.9 Å². The molecule has 0 unspecified atom stereocenters. The van der Waals surface area contributed by atoms with E-state index in [1.807, 2.05) is 0 Å². The zero-order valence-corrected chi connectivity index (χ0v) is 16.3. The van der Waals surface area contributed by atoms with E-state index in [2.05, 4.69) is 5.32 Å². The van der Waals surface area contributed by atoms with Crippen molar-refractivity contribution in [3.8, 4) is 23.0 Å². The smallest absolute Gasteiger partial charge is 0.344 e. The number of esters is 1. The summed E-state index contributed by atoms with van der Waals surface area (Å²) in [5.41, 5.74) is 0.707. The number of hydrogen-bond donors (Lipinski definition) is 1. The van der Waals surface area contributed by atoms with Gasteiger partial charge in [-0.05, 0) is 42.0 Å². The molecule has 156 valence electrons. The van der Waals surface area contributed by atoms with Crippen LogP contribution in [0.2, 0.25) is 0 Å². The van der Waals surface area contributed by atoms with Crippen molar-refractivity contribution >= 4 is 11.9 Å². The molecule has 2 aromatic carbocycles. The fraction of sp³-hybridized carbons (Fsp3) is 0.300. The van der Waals surface area contributed by atoms with Crippen molar-refractivity contribution in [1.82, 2.24) is 5.32 Å². The van der Waals surface area contributed by atoms with E-state index in [-0.39, 0.29) is 6.54 Å².